The molecular weight excluding hydrogens is 316 g/mol. The van der Waals surface area contributed by atoms with Gasteiger partial charge in [-0.1, -0.05) is 5.16 Å². The van der Waals surface area contributed by atoms with Gasteiger partial charge in [0.25, 0.3) is 0 Å². The molecule has 7 heteroatoms. The van der Waals surface area contributed by atoms with Crippen LogP contribution in [0.2, 0.25) is 0 Å². The van der Waals surface area contributed by atoms with Gasteiger partial charge in [0.1, 0.15) is 5.76 Å². The number of likely N-dealkylation sites (tertiary alicyclic amines) is 1. The molecule has 2 fully saturated rings. The third kappa shape index (κ3) is 5.19. The summed E-state index contributed by atoms with van der Waals surface area (Å²) in [7, 11) is 4.11. The van der Waals surface area contributed by atoms with Crippen molar-refractivity contribution in [3.63, 3.8) is 0 Å². The largest absolute Gasteiger partial charge is 0.361 e. The molecule has 140 valence electrons. The van der Waals surface area contributed by atoms with Crippen molar-refractivity contribution in [1.82, 2.24) is 25.2 Å². The third-order valence-electron chi connectivity index (χ3n) is 5.22. The fraction of sp³-hybridized carbons (Fsp3) is 0.778. The molecule has 0 aromatic carbocycles. The van der Waals surface area contributed by atoms with Crippen LogP contribution in [0, 0.1) is 12.8 Å². The van der Waals surface area contributed by atoms with Crippen LogP contribution in [0.15, 0.2) is 15.6 Å². The van der Waals surface area contributed by atoms with Gasteiger partial charge in [-0.05, 0) is 39.3 Å². The molecule has 0 bridgehead atoms. The van der Waals surface area contributed by atoms with Crippen molar-refractivity contribution in [2.45, 2.75) is 26.3 Å². The topological polar surface area (TPSA) is 60.1 Å². The summed E-state index contributed by atoms with van der Waals surface area (Å²) < 4.78 is 5.16. The van der Waals surface area contributed by atoms with E-state index in [1.54, 1.807) is 0 Å². The first-order valence-electron chi connectivity index (χ1n) is 9.42. The van der Waals surface area contributed by atoms with E-state index in [0.717, 1.165) is 62.6 Å². The Morgan fingerprint density at radius 2 is 2.12 bits per heavy atom. The molecule has 1 aromatic heterocycles. The van der Waals surface area contributed by atoms with E-state index in [-0.39, 0.29) is 0 Å². The fourth-order valence-electron chi connectivity index (χ4n) is 3.85. The van der Waals surface area contributed by atoms with E-state index in [1.165, 1.54) is 25.9 Å². The summed E-state index contributed by atoms with van der Waals surface area (Å²) in [6.07, 6.45) is 2.63. The predicted molar refractivity (Wildman–Crippen MR) is 99.7 cm³/mol. The van der Waals surface area contributed by atoms with Crippen LogP contribution in [0.1, 0.15) is 24.3 Å². The number of rotatable bonds is 4. The molecule has 1 N–H and O–H groups in total. The van der Waals surface area contributed by atoms with Gasteiger partial charge in [-0.25, -0.2) is 0 Å². The number of nitrogens with zero attached hydrogens (tertiary/aromatic N) is 5. The highest BCUT2D eigenvalue weighted by Crippen LogP contribution is 2.14. The third-order valence-corrected chi connectivity index (χ3v) is 5.22. The molecule has 1 atom stereocenters. The number of hydrogen-bond acceptors (Lipinski definition) is 5. The molecule has 2 aliphatic rings. The quantitative estimate of drug-likeness (QED) is 0.648. The summed E-state index contributed by atoms with van der Waals surface area (Å²) in [4.78, 5) is 11.7. The lowest BCUT2D eigenvalue weighted by Crippen LogP contribution is -2.53. The Kier molecular flexibility index (Phi) is 6.31. The minimum Gasteiger partial charge on any atom is -0.361 e. The predicted octanol–water partition coefficient (Wildman–Crippen LogP) is 1.02. The normalized spacial score (nSPS) is 23.9. The Labute approximate surface area is 151 Å². The maximum atomic E-state index is 5.16. The number of guanidine groups is 1. The molecule has 1 unspecified atom stereocenters. The van der Waals surface area contributed by atoms with E-state index < -0.39 is 0 Å². The van der Waals surface area contributed by atoms with Crippen molar-refractivity contribution in [3.8, 4) is 0 Å². The first-order chi connectivity index (χ1) is 12.1. The second-order valence-electron chi connectivity index (χ2n) is 7.39. The van der Waals surface area contributed by atoms with E-state index in [0.29, 0.717) is 0 Å². The smallest absolute Gasteiger partial charge is 0.193 e. The van der Waals surface area contributed by atoms with Crippen molar-refractivity contribution in [3.05, 3.63) is 17.5 Å². The van der Waals surface area contributed by atoms with E-state index in [9.17, 15) is 0 Å². The van der Waals surface area contributed by atoms with Gasteiger partial charge in [0.2, 0.25) is 0 Å². The van der Waals surface area contributed by atoms with E-state index in [1.807, 2.05) is 20.0 Å². The zero-order valence-electron chi connectivity index (χ0n) is 15.9. The second-order valence-corrected chi connectivity index (χ2v) is 7.39. The van der Waals surface area contributed by atoms with Crippen molar-refractivity contribution in [2.24, 2.45) is 10.9 Å². The number of hydrogen-bond donors (Lipinski definition) is 1. The average molecular weight is 348 g/mol. The Hall–Kier alpha value is -1.60. The summed E-state index contributed by atoms with van der Waals surface area (Å²) in [6, 6.07) is 2.02. The number of aryl methyl sites for hydroxylation is 1. The number of piperazine rings is 1. The molecule has 0 spiro atoms. The molecule has 0 aliphatic carbocycles. The maximum absolute atomic E-state index is 5.16. The summed E-state index contributed by atoms with van der Waals surface area (Å²) >= 11 is 0. The van der Waals surface area contributed by atoms with E-state index in [2.05, 4.69) is 37.2 Å². The monoisotopic (exact) mass is 348 g/mol. The number of nitrogens with one attached hydrogen (secondary N) is 1. The molecule has 7 nitrogen and oxygen atoms in total. The van der Waals surface area contributed by atoms with Gasteiger partial charge in [0, 0.05) is 58.9 Å². The Balaban J connectivity index is 1.42. The minimum atomic E-state index is 0.729. The molecule has 2 aliphatic heterocycles. The van der Waals surface area contributed by atoms with Crippen LogP contribution in [-0.4, -0.2) is 85.7 Å². The highest BCUT2D eigenvalue weighted by Gasteiger charge is 2.22. The van der Waals surface area contributed by atoms with Gasteiger partial charge < -0.3 is 19.6 Å². The van der Waals surface area contributed by atoms with Crippen molar-refractivity contribution < 1.29 is 4.52 Å². The maximum Gasteiger partial charge on any atom is 0.193 e. The Bertz CT molecular complexity index is 564. The van der Waals surface area contributed by atoms with Gasteiger partial charge >= 0.3 is 0 Å². The summed E-state index contributed by atoms with van der Waals surface area (Å²) in [5.74, 6) is 2.66. The first-order valence-corrected chi connectivity index (χ1v) is 9.42. The highest BCUT2D eigenvalue weighted by molar-refractivity contribution is 5.80. The molecule has 1 aromatic rings. The lowest BCUT2D eigenvalue weighted by atomic mass is 9.98. The van der Waals surface area contributed by atoms with Gasteiger partial charge in [-0.3, -0.25) is 9.89 Å². The lowest BCUT2D eigenvalue weighted by Gasteiger charge is -2.37. The van der Waals surface area contributed by atoms with E-state index >= 15 is 0 Å². The zero-order valence-corrected chi connectivity index (χ0v) is 15.9. The highest BCUT2D eigenvalue weighted by atomic mass is 16.5. The summed E-state index contributed by atoms with van der Waals surface area (Å²) in [6.45, 7) is 10.3. The van der Waals surface area contributed by atoms with Crippen LogP contribution in [-0.2, 0) is 6.54 Å². The standard InChI is InChI=1S/C18H32N6O/c1-15-11-17(21-25-15)14-23-7-9-24(10-8-23)18(19-2)20-12-16-5-4-6-22(3)13-16/h11,16H,4-10,12-14H2,1-3H3,(H,19,20). The van der Waals surface area contributed by atoms with Gasteiger partial charge in [-0.2, -0.15) is 0 Å². The van der Waals surface area contributed by atoms with Crippen LogP contribution in [0.3, 0.4) is 0 Å². The van der Waals surface area contributed by atoms with Crippen LogP contribution in [0.5, 0.6) is 0 Å². The van der Waals surface area contributed by atoms with E-state index in [4.69, 9.17) is 4.52 Å². The zero-order chi connectivity index (χ0) is 17.6. The SMILES string of the molecule is CN=C(NCC1CCCN(C)C1)N1CCN(Cc2cc(C)on2)CC1. The lowest BCUT2D eigenvalue weighted by molar-refractivity contribution is 0.167. The molecule has 3 rings (SSSR count). The number of aliphatic imine (C=N–C) groups is 1. The van der Waals surface area contributed by atoms with Crippen LogP contribution >= 0.6 is 0 Å². The van der Waals surface area contributed by atoms with Crippen LogP contribution in [0.25, 0.3) is 0 Å². The molecule has 3 heterocycles. The van der Waals surface area contributed by atoms with Crippen molar-refractivity contribution in [1.29, 1.82) is 0 Å². The minimum absolute atomic E-state index is 0.729. The number of aromatic nitrogens is 1. The molecular formula is C18H32N6O. The summed E-state index contributed by atoms with van der Waals surface area (Å²) in [5.41, 5.74) is 1.02. The molecule has 0 radical (unpaired) electrons. The van der Waals surface area contributed by atoms with Gasteiger partial charge in [0.15, 0.2) is 5.96 Å². The number of piperidine rings is 1. The van der Waals surface area contributed by atoms with Crippen molar-refractivity contribution >= 4 is 5.96 Å². The van der Waals surface area contributed by atoms with Crippen LogP contribution in [0.4, 0.5) is 0 Å². The first kappa shape index (κ1) is 18.2. The molecule has 0 saturated carbocycles. The summed E-state index contributed by atoms with van der Waals surface area (Å²) in [5, 5.41) is 7.70. The van der Waals surface area contributed by atoms with Gasteiger partial charge in [-0.15, -0.1) is 0 Å². The van der Waals surface area contributed by atoms with Crippen molar-refractivity contribution in [2.75, 3.05) is 59.9 Å². The second kappa shape index (κ2) is 8.67. The average Bonchev–Trinajstić information content (AvgIpc) is 3.02. The molecule has 25 heavy (non-hydrogen) atoms. The molecule has 2 saturated heterocycles. The Morgan fingerprint density at radius 1 is 1.32 bits per heavy atom. The van der Waals surface area contributed by atoms with Crippen LogP contribution < -0.4 is 5.32 Å². The van der Waals surface area contributed by atoms with Gasteiger partial charge in [0.05, 0.1) is 5.69 Å². The molecule has 0 amide bonds. The fourth-order valence-corrected chi connectivity index (χ4v) is 3.85. The Morgan fingerprint density at radius 3 is 2.76 bits per heavy atom.